The van der Waals surface area contributed by atoms with Crippen molar-refractivity contribution in [3.05, 3.63) is 35.3 Å². The summed E-state index contributed by atoms with van der Waals surface area (Å²) in [6.07, 6.45) is 1.93. The second kappa shape index (κ2) is 9.84. The summed E-state index contributed by atoms with van der Waals surface area (Å²) < 4.78 is 28.3. The molecule has 3 aliphatic carbocycles. The molecular formula is C31H38O10. The smallest absolute Gasteiger partial charge is 0.310 e. The average molecular weight is 571 g/mol. The predicted molar refractivity (Wildman–Crippen MR) is 141 cm³/mol. The van der Waals surface area contributed by atoms with E-state index in [0.29, 0.717) is 19.3 Å². The zero-order valence-corrected chi connectivity index (χ0v) is 24.6. The van der Waals surface area contributed by atoms with Crippen molar-refractivity contribution in [3.63, 3.8) is 0 Å². The van der Waals surface area contributed by atoms with Crippen molar-refractivity contribution >= 4 is 29.7 Å². The fourth-order valence-corrected chi connectivity index (χ4v) is 8.70. The van der Waals surface area contributed by atoms with E-state index >= 15 is 0 Å². The Morgan fingerprint density at radius 1 is 1.00 bits per heavy atom. The number of esters is 4. The molecule has 0 N–H and O–H groups in total. The molecule has 0 radical (unpaired) electrons. The predicted octanol–water partition coefficient (Wildman–Crippen LogP) is 4.62. The normalized spacial score (nSPS) is 35.7. The molecule has 7 atom stereocenters. The molecule has 2 saturated carbocycles. The molecule has 1 aromatic rings. The van der Waals surface area contributed by atoms with Crippen molar-refractivity contribution in [1.29, 1.82) is 0 Å². The first kappa shape index (κ1) is 29.1. The lowest BCUT2D eigenvalue weighted by Gasteiger charge is -2.64. The Bertz CT molecular complexity index is 1310. The maximum atomic E-state index is 14.5. The van der Waals surface area contributed by atoms with Gasteiger partial charge in [-0.15, -0.1) is 0 Å². The van der Waals surface area contributed by atoms with E-state index in [9.17, 15) is 24.0 Å². The summed E-state index contributed by atoms with van der Waals surface area (Å²) in [6.45, 7) is 11.4. The van der Waals surface area contributed by atoms with Gasteiger partial charge in [0.1, 0.15) is 18.0 Å². The van der Waals surface area contributed by atoms with Gasteiger partial charge in [-0.1, -0.05) is 33.3 Å². The molecule has 1 aromatic heterocycles. The van der Waals surface area contributed by atoms with Gasteiger partial charge in [-0.3, -0.25) is 24.0 Å². The van der Waals surface area contributed by atoms with Gasteiger partial charge in [0.2, 0.25) is 0 Å². The van der Waals surface area contributed by atoms with Crippen LogP contribution in [0.15, 0.2) is 34.2 Å². The quantitative estimate of drug-likeness (QED) is 0.214. The Hall–Kier alpha value is -3.43. The van der Waals surface area contributed by atoms with E-state index in [2.05, 4.69) is 6.92 Å². The highest BCUT2D eigenvalue weighted by molar-refractivity contribution is 5.92. The van der Waals surface area contributed by atoms with E-state index in [1.807, 2.05) is 20.8 Å². The van der Waals surface area contributed by atoms with Crippen molar-refractivity contribution < 1.29 is 47.3 Å². The number of rotatable bonds is 5. The van der Waals surface area contributed by atoms with E-state index in [1.165, 1.54) is 20.8 Å². The van der Waals surface area contributed by atoms with Crippen LogP contribution in [0.25, 0.3) is 0 Å². The maximum absolute atomic E-state index is 14.5. The number of carbonyl (C=O) groups excluding carboxylic acids is 5. The second-order valence-corrected chi connectivity index (χ2v) is 13.0. The summed E-state index contributed by atoms with van der Waals surface area (Å²) >= 11 is 0. The lowest BCUT2D eigenvalue weighted by Crippen LogP contribution is -2.69. The first-order valence-electron chi connectivity index (χ1n) is 14.1. The molecule has 2 bridgehead atoms. The van der Waals surface area contributed by atoms with Crippen molar-refractivity contribution in [3.8, 4) is 0 Å². The van der Waals surface area contributed by atoms with Crippen LogP contribution in [0.2, 0.25) is 0 Å². The molecular weight excluding hydrogens is 532 g/mol. The number of fused-ring (bicyclic) bond motifs is 5. The van der Waals surface area contributed by atoms with Crippen LogP contribution >= 0.6 is 0 Å². The van der Waals surface area contributed by atoms with E-state index in [4.69, 9.17) is 23.4 Å². The minimum atomic E-state index is -1.39. The van der Waals surface area contributed by atoms with Crippen LogP contribution in [-0.2, 0) is 42.9 Å². The Balaban J connectivity index is 1.73. The van der Waals surface area contributed by atoms with Gasteiger partial charge in [0.25, 0.3) is 6.29 Å². The zero-order chi connectivity index (χ0) is 30.1. The topological polar surface area (TPSA) is 135 Å². The summed E-state index contributed by atoms with van der Waals surface area (Å²) in [5.41, 5.74) is 0.0267. The number of ether oxygens (including phenoxy) is 4. The molecule has 1 saturated heterocycles. The number of allylic oxidation sites excluding steroid dienone is 1. The summed E-state index contributed by atoms with van der Waals surface area (Å²) in [5, 5.41) is 0. The summed E-state index contributed by atoms with van der Waals surface area (Å²) in [5.74, 6) is -4.24. The fraction of sp³-hybridized carbons (Fsp3) is 0.645. The van der Waals surface area contributed by atoms with E-state index in [1.54, 1.807) is 18.6 Å². The van der Waals surface area contributed by atoms with Crippen LogP contribution in [0.4, 0.5) is 0 Å². The number of hydrogen-bond acceptors (Lipinski definition) is 10. The number of Topliss-reactive ketones (excluding diaryl/α,β-unsaturated/α-hetero) is 1. The van der Waals surface area contributed by atoms with Crippen LogP contribution in [-0.4, -0.2) is 42.1 Å². The third-order valence-electron chi connectivity index (χ3n) is 10.2. The molecule has 10 heteroatoms. The largest absolute Gasteiger partial charge is 0.472 e. The summed E-state index contributed by atoms with van der Waals surface area (Å²) in [7, 11) is 0. The number of furan rings is 1. The standard InChI is InChI=1S/C31H38O10/c1-15(32)38-27-20-12-19-21(8-10-30(6)22(19)13-23(35)41-26(30)18-9-11-37-14-18)31(7,25(20)36)24(29(27,4)5)28(39-16(2)33)40-17(3)34/h9,11,14,20-21,24,26-28H,8,10,12-13H2,1-7H3. The molecule has 4 aliphatic rings. The monoisotopic (exact) mass is 570 g/mol. The number of cyclic esters (lactones) is 1. The number of hydrogen-bond donors (Lipinski definition) is 0. The molecule has 2 heterocycles. The van der Waals surface area contributed by atoms with Crippen molar-refractivity contribution in [2.24, 2.45) is 34.0 Å². The van der Waals surface area contributed by atoms with Crippen LogP contribution in [0, 0.1) is 34.0 Å². The van der Waals surface area contributed by atoms with Gasteiger partial charge in [0.05, 0.1) is 30.8 Å². The highest BCUT2D eigenvalue weighted by Crippen LogP contribution is 2.68. The summed E-state index contributed by atoms with van der Waals surface area (Å²) in [6, 6.07) is 1.79. The molecule has 5 rings (SSSR count). The van der Waals surface area contributed by atoms with E-state index in [-0.39, 0.29) is 24.1 Å². The maximum Gasteiger partial charge on any atom is 0.310 e. The van der Waals surface area contributed by atoms with Gasteiger partial charge >= 0.3 is 23.9 Å². The summed E-state index contributed by atoms with van der Waals surface area (Å²) in [4.78, 5) is 64.4. The SMILES string of the molecule is CC(=O)OC(OC(C)=O)C1C(C)(C)C(OC(C)=O)C2CC3=C4CC(=O)OC(c5ccoc5)C4(C)CCC3C1(C)C2=O. The second-order valence-electron chi connectivity index (χ2n) is 13.0. The molecule has 0 spiro atoms. The van der Waals surface area contributed by atoms with Crippen LogP contribution < -0.4 is 0 Å². The van der Waals surface area contributed by atoms with Gasteiger partial charge in [0.15, 0.2) is 0 Å². The molecule has 41 heavy (non-hydrogen) atoms. The Kier molecular flexibility index (Phi) is 6.98. The van der Waals surface area contributed by atoms with E-state index < -0.39 is 64.5 Å². The Morgan fingerprint density at radius 3 is 2.22 bits per heavy atom. The fourth-order valence-electron chi connectivity index (χ4n) is 8.70. The number of carbonyl (C=O) groups is 5. The minimum Gasteiger partial charge on any atom is -0.472 e. The first-order valence-corrected chi connectivity index (χ1v) is 14.1. The van der Waals surface area contributed by atoms with Crippen LogP contribution in [0.1, 0.15) is 85.8 Å². The molecule has 7 unspecified atom stereocenters. The number of ketones is 1. The van der Waals surface area contributed by atoms with Gasteiger partial charge in [0, 0.05) is 42.6 Å². The highest BCUT2D eigenvalue weighted by Gasteiger charge is 2.71. The van der Waals surface area contributed by atoms with Crippen LogP contribution in [0.3, 0.4) is 0 Å². The molecule has 3 fully saturated rings. The lowest BCUT2D eigenvalue weighted by molar-refractivity contribution is -0.251. The third kappa shape index (κ3) is 4.41. The Morgan fingerprint density at radius 2 is 1.66 bits per heavy atom. The molecule has 1 aliphatic heterocycles. The first-order chi connectivity index (χ1) is 19.1. The average Bonchev–Trinajstić information content (AvgIpc) is 3.38. The van der Waals surface area contributed by atoms with Gasteiger partial charge in [-0.2, -0.15) is 0 Å². The Labute approximate surface area is 239 Å². The molecule has 222 valence electrons. The van der Waals surface area contributed by atoms with Crippen LogP contribution in [0.5, 0.6) is 0 Å². The van der Waals surface area contributed by atoms with E-state index in [0.717, 1.165) is 16.7 Å². The molecule has 10 nitrogen and oxygen atoms in total. The molecule has 0 amide bonds. The van der Waals surface area contributed by atoms with Crippen molar-refractivity contribution in [2.45, 2.75) is 92.6 Å². The minimum absolute atomic E-state index is 0.0806. The third-order valence-corrected chi connectivity index (χ3v) is 10.2. The molecule has 0 aromatic carbocycles. The zero-order valence-electron chi connectivity index (χ0n) is 24.6. The van der Waals surface area contributed by atoms with Crippen molar-refractivity contribution in [2.75, 3.05) is 0 Å². The van der Waals surface area contributed by atoms with Gasteiger partial charge in [-0.25, -0.2) is 0 Å². The highest BCUT2D eigenvalue weighted by atomic mass is 16.7. The lowest BCUT2D eigenvalue weighted by atomic mass is 9.41. The van der Waals surface area contributed by atoms with Gasteiger partial charge in [-0.05, 0) is 36.8 Å². The van der Waals surface area contributed by atoms with Gasteiger partial charge < -0.3 is 23.4 Å². The van der Waals surface area contributed by atoms with Crippen molar-refractivity contribution in [1.82, 2.24) is 0 Å².